The summed E-state index contributed by atoms with van der Waals surface area (Å²) < 4.78 is 5.22. The number of amides is 1. The van der Waals surface area contributed by atoms with Crippen molar-refractivity contribution in [3.63, 3.8) is 0 Å². The van der Waals surface area contributed by atoms with E-state index in [-0.39, 0.29) is 0 Å². The van der Waals surface area contributed by atoms with Crippen molar-refractivity contribution in [2.75, 3.05) is 38.2 Å². The number of carbonyl (C=O) groups is 1. The molecule has 2 aliphatic rings. The lowest BCUT2D eigenvalue weighted by Gasteiger charge is -2.36. The van der Waals surface area contributed by atoms with Gasteiger partial charge in [0.05, 0.1) is 7.11 Å². The monoisotopic (exact) mass is 318 g/mol. The third-order valence-corrected chi connectivity index (χ3v) is 4.90. The molecule has 0 N–H and O–H groups in total. The summed E-state index contributed by atoms with van der Waals surface area (Å²) in [7, 11) is 1.62. The molecule has 1 aliphatic heterocycles. The summed E-state index contributed by atoms with van der Waals surface area (Å²) in [4.78, 5) is 25.3. The van der Waals surface area contributed by atoms with Crippen LogP contribution in [0.25, 0.3) is 0 Å². The molecule has 0 aromatic carbocycles. The van der Waals surface area contributed by atoms with Crippen molar-refractivity contribution in [1.82, 2.24) is 14.9 Å². The van der Waals surface area contributed by atoms with Crippen LogP contribution in [0.5, 0.6) is 5.88 Å². The molecule has 0 spiro atoms. The Bertz CT molecular complexity index is 550. The Morgan fingerprint density at radius 3 is 2.57 bits per heavy atom. The second-order valence-corrected chi connectivity index (χ2v) is 6.54. The maximum Gasteiger partial charge on any atom is 0.222 e. The fourth-order valence-corrected chi connectivity index (χ4v) is 3.57. The van der Waals surface area contributed by atoms with Gasteiger partial charge in [0.15, 0.2) is 0 Å². The molecule has 0 bridgehead atoms. The van der Waals surface area contributed by atoms with Gasteiger partial charge in [-0.25, -0.2) is 4.98 Å². The quantitative estimate of drug-likeness (QED) is 0.850. The first-order valence-corrected chi connectivity index (χ1v) is 8.58. The molecule has 3 rings (SSSR count). The average Bonchev–Trinajstić information content (AvgIpc) is 3.07. The zero-order valence-electron chi connectivity index (χ0n) is 14.1. The lowest BCUT2D eigenvalue weighted by Crippen LogP contribution is -2.49. The van der Waals surface area contributed by atoms with Crippen LogP contribution < -0.4 is 9.64 Å². The Labute approximate surface area is 137 Å². The zero-order valence-corrected chi connectivity index (χ0v) is 14.1. The minimum atomic E-state index is 0.327. The molecule has 2 fully saturated rings. The van der Waals surface area contributed by atoms with E-state index in [1.54, 1.807) is 7.11 Å². The van der Waals surface area contributed by atoms with Crippen LogP contribution >= 0.6 is 0 Å². The van der Waals surface area contributed by atoms with Crippen LogP contribution in [0.4, 0.5) is 5.82 Å². The molecular weight excluding hydrogens is 292 g/mol. The fraction of sp³-hybridized carbons (Fsp3) is 0.706. The molecule has 1 aromatic heterocycles. The molecule has 1 saturated carbocycles. The highest BCUT2D eigenvalue weighted by Gasteiger charge is 2.25. The van der Waals surface area contributed by atoms with Crippen LogP contribution in [0.15, 0.2) is 6.07 Å². The first-order chi connectivity index (χ1) is 11.2. The highest BCUT2D eigenvalue weighted by Crippen LogP contribution is 2.28. The lowest BCUT2D eigenvalue weighted by molar-refractivity contribution is -0.132. The molecular formula is C17H26N4O2. The van der Waals surface area contributed by atoms with E-state index in [0.717, 1.165) is 38.4 Å². The maximum absolute atomic E-state index is 12.4. The van der Waals surface area contributed by atoms with Crippen LogP contribution in [-0.4, -0.2) is 54.1 Å². The van der Waals surface area contributed by atoms with Gasteiger partial charge >= 0.3 is 0 Å². The Balaban J connectivity index is 1.55. The molecule has 1 amide bonds. The smallest absolute Gasteiger partial charge is 0.222 e. The molecule has 0 unspecified atom stereocenters. The predicted molar refractivity (Wildman–Crippen MR) is 88.7 cm³/mol. The molecule has 2 heterocycles. The van der Waals surface area contributed by atoms with Crippen molar-refractivity contribution in [2.24, 2.45) is 5.92 Å². The molecule has 1 saturated heterocycles. The standard InChI is InChI=1S/C17H26N4O2/c1-13-18-15(12-16(19-13)23-2)20-7-9-21(10-8-20)17(22)11-14-5-3-4-6-14/h12,14H,3-11H2,1-2H3. The van der Waals surface area contributed by atoms with Gasteiger partial charge in [0, 0.05) is 38.7 Å². The van der Waals surface area contributed by atoms with Gasteiger partial charge in [-0.1, -0.05) is 12.8 Å². The van der Waals surface area contributed by atoms with E-state index in [1.807, 2.05) is 17.9 Å². The summed E-state index contributed by atoms with van der Waals surface area (Å²) in [6.07, 6.45) is 5.78. The van der Waals surface area contributed by atoms with E-state index in [1.165, 1.54) is 25.7 Å². The molecule has 1 aromatic rings. The number of hydrogen-bond acceptors (Lipinski definition) is 5. The molecule has 6 nitrogen and oxygen atoms in total. The normalized spacial score (nSPS) is 19.2. The lowest BCUT2D eigenvalue weighted by atomic mass is 10.0. The van der Waals surface area contributed by atoms with Gasteiger partial charge in [-0.05, 0) is 25.7 Å². The SMILES string of the molecule is COc1cc(N2CCN(C(=O)CC3CCCC3)CC2)nc(C)n1. The van der Waals surface area contributed by atoms with Crippen molar-refractivity contribution in [3.8, 4) is 5.88 Å². The Morgan fingerprint density at radius 1 is 1.22 bits per heavy atom. The second-order valence-electron chi connectivity index (χ2n) is 6.54. The predicted octanol–water partition coefficient (Wildman–Crippen LogP) is 2.02. The Kier molecular flexibility index (Phi) is 4.98. The van der Waals surface area contributed by atoms with Crippen LogP contribution in [0, 0.1) is 12.8 Å². The average molecular weight is 318 g/mol. The second kappa shape index (κ2) is 7.15. The van der Waals surface area contributed by atoms with Gasteiger partial charge in [0.2, 0.25) is 11.8 Å². The number of aromatic nitrogens is 2. The van der Waals surface area contributed by atoms with E-state index in [4.69, 9.17) is 4.74 Å². The topological polar surface area (TPSA) is 58.6 Å². The third-order valence-electron chi connectivity index (χ3n) is 4.90. The Morgan fingerprint density at radius 2 is 1.91 bits per heavy atom. The number of carbonyl (C=O) groups excluding carboxylic acids is 1. The van der Waals surface area contributed by atoms with Crippen molar-refractivity contribution in [3.05, 3.63) is 11.9 Å². The van der Waals surface area contributed by atoms with Crippen molar-refractivity contribution >= 4 is 11.7 Å². The van der Waals surface area contributed by atoms with E-state index in [9.17, 15) is 4.79 Å². The summed E-state index contributed by atoms with van der Waals surface area (Å²) in [5.74, 6) is 3.13. The molecule has 0 radical (unpaired) electrons. The molecule has 6 heteroatoms. The van der Waals surface area contributed by atoms with Gasteiger partial charge in [-0.3, -0.25) is 4.79 Å². The van der Waals surface area contributed by atoms with Crippen LogP contribution in [0.2, 0.25) is 0 Å². The van der Waals surface area contributed by atoms with Crippen molar-refractivity contribution < 1.29 is 9.53 Å². The van der Waals surface area contributed by atoms with E-state index in [2.05, 4.69) is 14.9 Å². The molecule has 0 atom stereocenters. The largest absolute Gasteiger partial charge is 0.481 e. The van der Waals surface area contributed by atoms with Gasteiger partial charge in [0.25, 0.3) is 0 Å². The summed E-state index contributed by atoms with van der Waals surface area (Å²) in [5.41, 5.74) is 0. The minimum absolute atomic E-state index is 0.327. The summed E-state index contributed by atoms with van der Waals surface area (Å²) in [5, 5.41) is 0. The van der Waals surface area contributed by atoms with Crippen LogP contribution in [0.3, 0.4) is 0 Å². The molecule has 1 aliphatic carbocycles. The zero-order chi connectivity index (χ0) is 16.2. The fourth-order valence-electron chi connectivity index (χ4n) is 3.57. The van der Waals surface area contributed by atoms with Gasteiger partial charge in [-0.15, -0.1) is 0 Å². The van der Waals surface area contributed by atoms with Gasteiger partial charge in [-0.2, -0.15) is 4.98 Å². The third kappa shape index (κ3) is 3.92. The number of rotatable bonds is 4. The number of aryl methyl sites for hydroxylation is 1. The van der Waals surface area contributed by atoms with Crippen LogP contribution in [0.1, 0.15) is 37.9 Å². The first-order valence-electron chi connectivity index (χ1n) is 8.58. The summed E-state index contributed by atoms with van der Waals surface area (Å²) in [6.45, 7) is 5.05. The number of nitrogens with zero attached hydrogens (tertiary/aromatic N) is 4. The van der Waals surface area contributed by atoms with Crippen molar-refractivity contribution in [2.45, 2.75) is 39.0 Å². The first kappa shape index (κ1) is 16.0. The highest BCUT2D eigenvalue weighted by atomic mass is 16.5. The van der Waals surface area contributed by atoms with E-state index >= 15 is 0 Å². The van der Waals surface area contributed by atoms with Gasteiger partial charge < -0.3 is 14.5 Å². The summed E-state index contributed by atoms with van der Waals surface area (Å²) in [6, 6.07) is 1.86. The molecule has 126 valence electrons. The van der Waals surface area contributed by atoms with E-state index < -0.39 is 0 Å². The number of methoxy groups -OCH3 is 1. The highest BCUT2D eigenvalue weighted by molar-refractivity contribution is 5.76. The molecule has 23 heavy (non-hydrogen) atoms. The maximum atomic E-state index is 12.4. The number of hydrogen-bond donors (Lipinski definition) is 0. The summed E-state index contributed by atoms with van der Waals surface area (Å²) >= 11 is 0. The number of anilines is 1. The Hall–Kier alpha value is -1.85. The number of ether oxygens (including phenoxy) is 1. The van der Waals surface area contributed by atoms with Crippen molar-refractivity contribution in [1.29, 1.82) is 0 Å². The minimum Gasteiger partial charge on any atom is -0.481 e. The van der Waals surface area contributed by atoms with E-state index in [0.29, 0.717) is 23.5 Å². The van der Waals surface area contributed by atoms with Crippen LogP contribution in [-0.2, 0) is 4.79 Å². The van der Waals surface area contributed by atoms with Gasteiger partial charge in [0.1, 0.15) is 11.6 Å². The number of piperazine rings is 1.